The Morgan fingerprint density at radius 3 is 0.776 bits per heavy atom. The van der Waals surface area contributed by atoms with E-state index < -0.39 is 76.0 Å². The SMILES string of the molecule is C=CC(=O)NC(C)(C)CS(=O)(=O)O.C=CC(=O)NC(C)(C)CS(=O)(=O)[O-].CCC(C)C(=O)NC(C)(C)CS(=O)(=O)[O-].COCCOCCN(CCOCCOC)CCOCCOC.COCCOCC[NH+](CCOCCOC)CCOCCOC.COCCOCC[NH+](CCOCCOC)CCOCCOC. The highest BCUT2D eigenvalue weighted by Gasteiger charge is 2.27. The highest BCUT2D eigenvalue weighted by atomic mass is 32.2. The van der Waals surface area contributed by atoms with Gasteiger partial charge < -0.3 is 120 Å². The Hall–Kier alpha value is -3.22. The third kappa shape index (κ3) is 98.8. The molecule has 0 aromatic carbocycles. The van der Waals surface area contributed by atoms with E-state index in [1.54, 1.807) is 70.9 Å². The van der Waals surface area contributed by atoms with Crippen molar-refractivity contribution in [3.8, 4) is 0 Å². The van der Waals surface area contributed by atoms with E-state index in [2.05, 4.69) is 34.0 Å². The zero-order chi connectivity index (χ0) is 82.6. The fourth-order valence-corrected chi connectivity index (χ4v) is 10.9. The summed E-state index contributed by atoms with van der Waals surface area (Å²) in [6.45, 7) is 44.8. The van der Waals surface area contributed by atoms with Gasteiger partial charge in [0.2, 0.25) is 17.7 Å². The fourth-order valence-electron chi connectivity index (χ4n) is 8.02. The number of nitrogens with one attached hydrogen (secondary N) is 5. The van der Waals surface area contributed by atoms with Crippen LogP contribution in [0.5, 0.6) is 0 Å². The first-order chi connectivity index (χ1) is 50.4. The predicted octanol–water partition coefficient (Wildman–Crippen LogP) is -1.96. The molecule has 6 N–H and O–H groups in total. The Morgan fingerprint density at radius 1 is 0.383 bits per heavy atom. The Morgan fingerprint density at radius 2 is 0.589 bits per heavy atom. The van der Waals surface area contributed by atoms with Crippen LogP contribution in [0.2, 0.25) is 0 Å². The first-order valence-corrected chi connectivity index (χ1v) is 40.2. The number of methoxy groups -OCH3 is 9. The number of nitrogens with zero attached hydrogens (tertiary/aromatic N) is 1. The van der Waals surface area contributed by atoms with Crippen LogP contribution < -0.4 is 25.8 Å². The molecule has 0 aromatic rings. The Bertz CT molecular complexity index is 2110. The van der Waals surface area contributed by atoms with Crippen molar-refractivity contribution in [2.24, 2.45) is 5.92 Å². The molecule has 0 rings (SSSR count). The lowest BCUT2D eigenvalue weighted by atomic mass is 10.0. The Balaban J connectivity index is -0.000000290. The molecule has 3 amide bonds. The third-order valence-electron chi connectivity index (χ3n) is 13.6. The number of amides is 3. The lowest BCUT2D eigenvalue weighted by Crippen LogP contribution is -3.13. The van der Waals surface area contributed by atoms with Crippen LogP contribution in [0.3, 0.4) is 0 Å². The molecule has 0 heterocycles. The zero-order valence-electron chi connectivity index (χ0n) is 67.9. The molecular formula is C68H144N6O30S3. The summed E-state index contributed by atoms with van der Waals surface area (Å²) in [6, 6.07) is 0. The van der Waals surface area contributed by atoms with Gasteiger partial charge in [-0.25, -0.2) is 16.8 Å². The van der Waals surface area contributed by atoms with Crippen LogP contribution in [0.4, 0.5) is 0 Å². The van der Waals surface area contributed by atoms with Crippen LogP contribution in [0.15, 0.2) is 25.3 Å². The van der Waals surface area contributed by atoms with Crippen molar-refractivity contribution in [3.63, 3.8) is 0 Å². The largest absolute Gasteiger partial charge is 0.748 e. The molecule has 1 atom stereocenters. The number of carbonyl (C=O) groups excluding carboxylic acids is 3. The molecule has 0 aliphatic carbocycles. The molecule has 644 valence electrons. The molecule has 0 radical (unpaired) electrons. The smallest absolute Gasteiger partial charge is 0.267 e. The summed E-state index contributed by atoms with van der Waals surface area (Å²) in [5.74, 6) is -3.16. The summed E-state index contributed by atoms with van der Waals surface area (Å²) in [6.07, 6.45) is 2.72. The molecular weight excluding hydrogens is 1480 g/mol. The van der Waals surface area contributed by atoms with E-state index in [1.807, 2.05) is 6.92 Å². The number of quaternary nitrogens is 2. The van der Waals surface area contributed by atoms with Crippen LogP contribution in [0, 0.1) is 5.92 Å². The quantitative estimate of drug-likeness (QED) is 0.0219. The normalized spacial score (nSPS) is 12.1. The number of carbonyl (C=O) groups is 3. The van der Waals surface area contributed by atoms with Gasteiger partial charge in [0.25, 0.3) is 10.1 Å². The molecule has 0 saturated carbocycles. The minimum atomic E-state index is -4.33. The first-order valence-electron chi connectivity index (χ1n) is 35.5. The standard InChI is InChI=1S/3C15H33NO6.C9H19NO4S.2C7H13NO4S/c3*1-17-10-13-20-7-4-16(5-8-21-14-11-18-2)6-9-22-15-12-19-3;1-5-7(2)8(11)10-9(3,4)6-15(12,13)14;2*1-4-6(9)8-7(2,3)5-13(10,11)12/h3*4-15H2,1-3H3;7H,5-6H2,1-4H3,(H,10,11)(H,12,13,14);2*4H,1,5H2,2-3H3,(H,8,9)(H,10,11,12). The minimum absolute atomic E-state index is 0.182. The minimum Gasteiger partial charge on any atom is -0.748 e. The zero-order valence-corrected chi connectivity index (χ0v) is 70.3. The van der Waals surface area contributed by atoms with Gasteiger partial charge in [-0.1, -0.05) is 27.0 Å². The van der Waals surface area contributed by atoms with Gasteiger partial charge in [0.05, 0.1) is 221 Å². The summed E-state index contributed by atoms with van der Waals surface area (Å²) in [7, 11) is 2.33. The van der Waals surface area contributed by atoms with E-state index in [4.69, 9.17) is 89.8 Å². The van der Waals surface area contributed by atoms with Gasteiger partial charge in [-0.2, -0.15) is 8.42 Å². The van der Waals surface area contributed by atoms with Gasteiger partial charge in [-0.05, 0) is 60.1 Å². The van der Waals surface area contributed by atoms with Crippen LogP contribution in [0.1, 0.15) is 61.8 Å². The van der Waals surface area contributed by atoms with Crippen molar-refractivity contribution in [2.75, 3.05) is 319 Å². The molecule has 0 fully saturated rings. The maximum atomic E-state index is 11.5. The molecule has 0 aromatic heterocycles. The van der Waals surface area contributed by atoms with Crippen LogP contribution >= 0.6 is 0 Å². The first kappa shape index (κ1) is 115. The van der Waals surface area contributed by atoms with Gasteiger partial charge in [-0.3, -0.25) is 23.8 Å². The van der Waals surface area contributed by atoms with Crippen LogP contribution in [0.25, 0.3) is 0 Å². The van der Waals surface area contributed by atoms with Gasteiger partial charge >= 0.3 is 0 Å². The number of rotatable bonds is 67. The molecule has 0 saturated heterocycles. The van der Waals surface area contributed by atoms with Gasteiger partial charge in [-0.15, -0.1) is 0 Å². The van der Waals surface area contributed by atoms with Gasteiger partial charge in [0, 0.05) is 101 Å². The van der Waals surface area contributed by atoms with Crippen molar-refractivity contribution >= 4 is 48.1 Å². The van der Waals surface area contributed by atoms with E-state index in [9.17, 15) is 48.7 Å². The Kier molecular flexibility index (Phi) is 83.7. The lowest BCUT2D eigenvalue weighted by Gasteiger charge is -2.28. The second kappa shape index (κ2) is 78.1. The highest BCUT2D eigenvalue weighted by molar-refractivity contribution is 7.86. The molecule has 0 bridgehead atoms. The monoisotopic (exact) mass is 1620 g/mol. The summed E-state index contributed by atoms with van der Waals surface area (Å²) in [5.41, 5.74) is -3.08. The highest BCUT2D eigenvalue weighted by Crippen LogP contribution is 2.10. The molecule has 39 heteroatoms. The molecule has 107 heavy (non-hydrogen) atoms. The number of ether oxygens (including phenoxy) is 18. The Labute approximate surface area is 642 Å². The molecule has 36 nitrogen and oxygen atoms in total. The molecule has 0 aliphatic rings. The van der Waals surface area contributed by atoms with Crippen molar-refractivity contribution in [1.82, 2.24) is 20.9 Å². The van der Waals surface area contributed by atoms with Crippen molar-refractivity contribution < 1.29 is 148 Å². The average molecular weight is 1620 g/mol. The molecule has 1 unspecified atom stereocenters. The maximum absolute atomic E-state index is 11.5. The fraction of sp³-hybridized carbons (Fsp3) is 0.897. The van der Waals surface area contributed by atoms with Crippen LogP contribution in [-0.4, -0.2) is 397 Å². The van der Waals surface area contributed by atoms with Gasteiger partial charge in [0.15, 0.2) is 0 Å². The summed E-state index contributed by atoms with van der Waals surface area (Å²) in [5, 5.41) is 7.24. The number of hydrogen-bond donors (Lipinski definition) is 6. The number of hydrogen-bond acceptors (Lipinski definition) is 30. The summed E-state index contributed by atoms with van der Waals surface area (Å²) < 4.78 is 187. The average Bonchev–Trinajstić information content (AvgIpc) is 0.875. The summed E-state index contributed by atoms with van der Waals surface area (Å²) in [4.78, 5) is 38.2. The lowest BCUT2D eigenvalue weighted by molar-refractivity contribution is -0.901. The molecule has 0 aliphatic heterocycles. The van der Waals surface area contributed by atoms with Gasteiger partial charge in [0.1, 0.15) is 39.3 Å². The van der Waals surface area contributed by atoms with Crippen molar-refractivity contribution in [3.05, 3.63) is 25.3 Å². The second-order valence-corrected chi connectivity index (χ2v) is 29.5. The van der Waals surface area contributed by atoms with E-state index in [0.29, 0.717) is 145 Å². The maximum Gasteiger partial charge on any atom is 0.267 e. The van der Waals surface area contributed by atoms with E-state index in [1.165, 1.54) is 51.3 Å². The third-order valence-corrected chi connectivity index (χ3v) is 16.8. The second-order valence-electron chi connectivity index (χ2n) is 25.3. The van der Waals surface area contributed by atoms with Crippen molar-refractivity contribution in [2.45, 2.75) is 78.4 Å². The van der Waals surface area contributed by atoms with Crippen LogP contribution in [-0.2, 0) is 130 Å². The van der Waals surface area contributed by atoms with Crippen molar-refractivity contribution in [1.29, 1.82) is 0 Å². The predicted molar refractivity (Wildman–Crippen MR) is 404 cm³/mol. The van der Waals surface area contributed by atoms with E-state index in [0.717, 1.165) is 111 Å². The molecule has 0 spiro atoms. The van der Waals surface area contributed by atoms with E-state index in [-0.39, 0.29) is 11.8 Å². The topological polar surface area (TPSA) is 434 Å². The summed E-state index contributed by atoms with van der Waals surface area (Å²) >= 11 is 0. The van der Waals surface area contributed by atoms with E-state index >= 15 is 0 Å².